The molecule has 104 valence electrons. The minimum atomic E-state index is -1.11. The molecule has 0 aliphatic rings. The Morgan fingerprint density at radius 2 is 1.80 bits per heavy atom. The maximum atomic E-state index is 13.0. The summed E-state index contributed by atoms with van der Waals surface area (Å²) in [6.45, 7) is -0.410. The van der Waals surface area contributed by atoms with E-state index in [4.69, 9.17) is 4.74 Å². The van der Waals surface area contributed by atoms with Gasteiger partial charge in [-0.1, -0.05) is 0 Å². The molecule has 2 rings (SSSR count). The molecule has 0 radical (unpaired) electrons. The Labute approximate surface area is 121 Å². The monoisotopic (exact) mass is 344 g/mol. The number of benzene rings is 2. The molecule has 6 heteroatoms. The van der Waals surface area contributed by atoms with Gasteiger partial charge >= 0.3 is 0 Å². The fourth-order valence-electron chi connectivity index (χ4n) is 1.48. The van der Waals surface area contributed by atoms with Gasteiger partial charge in [-0.05, 0) is 46.3 Å². The largest absolute Gasteiger partial charge is 0.484 e. The summed E-state index contributed by atoms with van der Waals surface area (Å²) in [5.41, 5.74) is -0.0172. The molecule has 0 fully saturated rings. The van der Waals surface area contributed by atoms with Crippen LogP contribution in [-0.2, 0) is 0 Å². The van der Waals surface area contributed by atoms with E-state index in [1.165, 1.54) is 12.1 Å². The molecule has 2 nitrogen and oxygen atoms in total. The summed E-state index contributed by atoms with van der Waals surface area (Å²) in [6.07, 6.45) is 0. The number of rotatable bonds is 4. The second-order valence-electron chi connectivity index (χ2n) is 3.92. The van der Waals surface area contributed by atoms with Crippen LogP contribution in [0.2, 0.25) is 0 Å². The van der Waals surface area contributed by atoms with E-state index in [1.807, 2.05) is 0 Å². The molecule has 0 N–H and O–H groups in total. The van der Waals surface area contributed by atoms with Crippen LogP contribution in [0.15, 0.2) is 40.9 Å². The number of hydrogen-bond donors (Lipinski definition) is 0. The molecule has 0 unspecified atom stereocenters. The van der Waals surface area contributed by atoms with Crippen LogP contribution in [-0.4, -0.2) is 12.4 Å². The van der Waals surface area contributed by atoms with Crippen LogP contribution in [0.1, 0.15) is 10.4 Å². The van der Waals surface area contributed by atoms with Crippen LogP contribution in [0.4, 0.5) is 13.2 Å². The number of ketones is 1. The highest BCUT2D eigenvalue weighted by atomic mass is 79.9. The number of hydrogen-bond acceptors (Lipinski definition) is 2. The van der Waals surface area contributed by atoms with Crippen LogP contribution in [0.25, 0.3) is 0 Å². The standard InChI is InChI=1S/C14H8BrF3O2/c15-10-3-2-9(16)6-14(10)20-7-13(19)8-1-4-11(17)12(18)5-8/h1-6H,7H2. The van der Waals surface area contributed by atoms with Crippen LogP contribution in [0.5, 0.6) is 5.75 Å². The Bertz CT molecular complexity index is 659. The molecule has 0 aliphatic carbocycles. The number of carbonyl (C=O) groups is 1. The summed E-state index contributed by atoms with van der Waals surface area (Å²) in [7, 11) is 0. The van der Waals surface area contributed by atoms with E-state index < -0.39 is 29.8 Å². The average molecular weight is 345 g/mol. The van der Waals surface area contributed by atoms with Crippen molar-refractivity contribution in [1.82, 2.24) is 0 Å². The molecular formula is C14H8BrF3O2. The zero-order valence-corrected chi connectivity index (χ0v) is 11.6. The zero-order valence-electron chi connectivity index (χ0n) is 10.00. The van der Waals surface area contributed by atoms with Crippen molar-refractivity contribution in [2.24, 2.45) is 0 Å². The summed E-state index contributed by atoms with van der Waals surface area (Å²) in [4.78, 5) is 11.8. The van der Waals surface area contributed by atoms with Crippen LogP contribution in [0, 0.1) is 17.5 Å². The minimum Gasteiger partial charge on any atom is -0.484 e. The van der Waals surface area contributed by atoms with Gasteiger partial charge in [0.25, 0.3) is 0 Å². The molecule has 0 bridgehead atoms. The van der Waals surface area contributed by atoms with Crippen molar-refractivity contribution in [3.8, 4) is 5.75 Å². The van der Waals surface area contributed by atoms with Gasteiger partial charge in [0.05, 0.1) is 4.47 Å². The van der Waals surface area contributed by atoms with Gasteiger partial charge in [-0.2, -0.15) is 0 Å². The van der Waals surface area contributed by atoms with Crippen molar-refractivity contribution in [1.29, 1.82) is 0 Å². The van der Waals surface area contributed by atoms with Gasteiger partial charge < -0.3 is 4.74 Å². The lowest BCUT2D eigenvalue weighted by Gasteiger charge is -2.07. The molecule has 0 aliphatic heterocycles. The number of halogens is 4. The predicted molar refractivity (Wildman–Crippen MR) is 70.3 cm³/mol. The lowest BCUT2D eigenvalue weighted by Crippen LogP contribution is -2.12. The first-order valence-electron chi connectivity index (χ1n) is 5.53. The number of Topliss-reactive ketones (excluding diaryl/α,β-unsaturated/α-hetero) is 1. The topological polar surface area (TPSA) is 26.3 Å². The third-order valence-corrected chi connectivity index (χ3v) is 3.15. The summed E-state index contributed by atoms with van der Waals surface area (Å²) >= 11 is 3.15. The molecule has 20 heavy (non-hydrogen) atoms. The molecule has 0 amide bonds. The smallest absolute Gasteiger partial charge is 0.200 e. The molecular weight excluding hydrogens is 337 g/mol. The Morgan fingerprint density at radius 3 is 2.50 bits per heavy atom. The van der Waals surface area contributed by atoms with E-state index in [9.17, 15) is 18.0 Å². The molecule has 0 heterocycles. The van der Waals surface area contributed by atoms with Crippen molar-refractivity contribution >= 4 is 21.7 Å². The van der Waals surface area contributed by atoms with E-state index in [-0.39, 0.29) is 11.3 Å². The lowest BCUT2D eigenvalue weighted by molar-refractivity contribution is 0.0920. The lowest BCUT2D eigenvalue weighted by atomic mass is 10.1. The van der Waals surface area contributed by atoms with Crippen molar-refractivity contribution in [3.63, 3.8) is 0 Å². The Kier molecular flexibility index (Phi) is 4.44. The SMILES string of the molecule is O=C(COc1cc(F)ccc1Br)c1ccc(F)c(F)c1. The molecule has 2 aromatic rings. The van der Waals surface area contributed by atoms with Gasteiger partial charge in [-0.25, -0.2) is 13.2 Å². The van der Waals surface area contributed by atoms with Crippen molar-refractivity contribution in [3.05, 3.63) is 63.9 Å². The Balaban J connectivity index is 2.08. The van der Waals surface area contributed by atoms with Gasteiger partial charge in [0, 0.05) is 11.6 Å². The Hall–Kier alpha value is -1.82. The summed E-state index contributed by atoms with van der Waals surface area (Å²) in [6, 6.07) is 6.59. The minimum absolute atomic E-state index is 0.0172. The van der Waals surface area contributed by atoms with Crippen molar-refractivity contribution < 1.29 is 22.7 Å². The predicted octanol–water partition coefficient (Wildman–Crippen LogP) is 4.13. The quantitative estimate of drug-likeness (QED) is 0.779. The maximum absolute atomic E-state index is 13.0. The van der Waals surface area contributed by atoms with E-state index in [1.54, 1.807) is 0 Å². The second kappa shape index (κ2) is 6.09. The van der Waals surface area contributed by atoms with Gasteiger partial charge in [0.15, 0.2) is 24.0 Å². The average Bonchev–Trinajstić information content (AvgIpc) is 2.42. The van der Waals surface area contributed by atoms with Gasteiger partial charge in [-0.15, -0.1) is 0 Å². The van der Waals surface area contributed by atoms with Crippen LogP contribution in [0.3, 0.4) is 0 Å². The number of ether oxygens (including phenoxy) is 1. The van der Waals surface area contributed by atoms with Gasteiger partial charge in [-0.3, -0.25) is 4.79 Å². The Morgan fingerprint density at radius 1 is 1.05 bits per heavy atom. The maximum Gasteiger partial charge on any atom is 0.200 e. The number of carbonyl (C=O) groups excluding carboxylic acids is 1. The molecule has 0 atom stereocenters. The van der Waals surface area contributed by atoms with Crippen molar-refractivity contribution in [2.75, 3.05) is 6.61 Å². The fourth-order valence-corrected chi connectivity index (χ4v) is 1.85. The summed E-state index contributed by atoms with van der Waals surface area (Å²) < 4.78 is 44.4. The highest BCUT2D eigenvalue weighted by Crippen LogP contribution is 2.25. The molecule has 0 saturated heterocycles. The first kappa shape index (κ1) is 14.6. The first-order chi connectivity index (χ1) is 9.47. The fraction of sp³-hybridized carbons (Fsp3) is 0.0714. The van der Waals surface area contributed by atoms with Crippen LogP contribution >= 0.6 is 15.9 Å². The highest BCUT2D eigenvalue weighted by Gasteiger charge is 2.12. The normalized spacial score (nSPS) is 10.4. The third-order valence-electron chi connectivity index (χ3n) is 2.49. The third kappa shape index (κ3) is 3.39. The molecule has 2 aromatic carbocycles. The summed E-state index contributed by atoms with van der Waals surface area (Å²) in [5.74, 6) is -3.04. The zero-order chi connectivity index (χ0) is 14.7. The first-order valence-corrected chi connectivity index (χ1v) is 6.33. The molecule has 0 spiro atoms. The van der Waals surface area contributed by atoms with E-state index in [0.717, 1.165) is 24.3 Å². The molecule has 0 saturated carbocycles. The van der Waals surface area contributed by atoms with E-state index >= 15 is 0 Å². The van der Waals surface area contributed by atoms with Crippen LogP contribution < -0.4 is 4.74 Å². The van der Waals surface area contributed by atoms with E-state index in [2.05, 4.69) is 15.9 Å². The van der Waals surface area contributed by atoms with E-state index in [0.29, 0.717) is 4.47 Å². The van der Waals surface area contributed by atoms with Crippen molar-refractivity contribution in [2.45, 2.75) is 0 Å². The highest BCUT2D eigenvalue weighted by molar-refractivity contribution is 9.10. The second-order valence-corrected chi connectivity index (χ2v) is 4.77. The van der Waals surface area contributed by atoms with Gasteiger partial charge in [0.1, 0.15) is 11.6 Å². The molecule has 0 aromatic heterocycles. The van der Waals surface area contributed by atoms with Gasteiger partial charge in [0.2, 0.25) is 0 Å². The summed E-state index contributed by atoms with van der Waals surface area (Å²) in [5, 5.41) is 0.